The lowest BCUT2D eigenvalue weighted by atomic mass is 10.2. The largest absolute Gasteiger partial charge is 0.217 e. The molecule has 0 saturated carbocycles. The van der Waals surface area contributed by atoms with Gasteiger partial charge in [0, 0.05) is 0 Å². The highest BCUT2D eigenvalue weighted by atomic mass is 13.8. The summed E-state index contributed by atoms with van der Waals surface area (Å²) in [4.78, 5) is 0. The number of rotatable bonds is 1. The van der Waals surface area contributed by atoms with Crippen LogP contribution in [0.15, 0.2) is 6.58 Å². The third kappa shape index (κ3) is 3.65. The normalized spacial score (nSPS) is 7.80. The van der Waals surface area contributed by atoms with Gasteiger partial charge < -0.3 is 0 Å². The molecule has 0 unspecified atom stereocenters. The van der Waals surface area contributed by atoms with Crippen molar-refractivity contribution in [3.05, 3.63) is 12.7 Å². The fourth-order valence-corrected chi connectivity index (χ4v) is 0. The van der Waals surface area contributed by atoms with Gasteiger partial charge in [-0.15, -0.1) is 0 Å². The third-order valence-corrected chi connectivity index (χ3v) is 0.408. The lowest BCUT2D eigenvalue weighted by molar-refractivity contribution is 0.809. The summed E-state index contributed by atoms with van der Waals surface area (Å²) in [5, 5.41) is 0. The van der Waals surface area contributed by atoms with Crippen molar-refractivity contribution in [1.82, 2.24) is 0 Å². The molecule has 5 heavy (non-hydrogen) atoms. The highest BCUT2D eigenvalue weighted by molar-refractivity contribution is 4.57. The van der Waals surface area contributed by atoms with E-state index in [9.17, 15) is 0 Å². The van der Waals surface area contributed by atoms with E-state index in [1.807, 2.05) is 13.8 Å². The zero-order valence-corrected chi connectivity index (χ0v) is 3.78. The van der Waals surface area contributed by atoms with Crippen molar-refractivity contribution in [3.63, 3.8) is 0 Å². The van der Waals surface area contributed by atoms with Crippen LogP contribution < -0.4 is 0 Å². The van der Waals surface area contributed by atoms with Crippen LogP contribution in [-0.4, -0.2) is 0 Å². The van der Waals surface area contributed by atoms with E-state index in [4.69, 9.17) is 0 Å². The molecule has 0 aliphatic carbocycles. The summed E-state index contributed by atoms with van der Waals surface area (Å²) >= 11 is 0. The summed E-state index contributed by atoms with van der Waals surface area (Å²) in [6.07, 6.45) is 2.78. The van der Waals surface area contributed by atoms with Crippen molar-refractivity contribution in [2.45, 2.75) is 13.8 Å². The molecule has 0 aliphatic rings. The molecule has 0 aromatic carbocycles. The Morgan fingerprint density at radius 3 is 1.80 bits per heavy atom. The van der Waals surface area contributed by atoms with Gasteiger partial charge in [0.05, 0.1) is 0 Å². The first-order chi connectivity index (χ1) is 2.27. The van der Waals surface area contributed by atoms with Gasteiger partial charge in [-0.2, -0.15) is 0 Å². The van der Waals surface area contributed by atoms with Crippen LogP contribution >= 0.6 is 0 Å². The second kappa shape index (κ2) is 1.92. The lowest BCUT2D eigenvalue weighted by Gasteiger charge is -1.66. The highest BCUT2D eigenvalue weighted by Crippen LogP contribution is 1.85. The van der Waals surface area contributed by atoms with Gasteiger partial charge in [-0.05, 0) is 13.8 Å². The van der Waals surface area contributed by atoms with Crippen molar-refractivity contribution in [2.24, 2.45) is 5.92 Å². The van der Waals surface area contributed by atoms with E-state index >= 15 is 0 Å². The van der Waals surface area contributed by atoms with Crippen molar-refractivity contribution >= 4 is 0 Å². The van der Waals surface area contributed by atoms with Gasteiger partial charge in [0.1, 0.15) is 6.58 Å². The Balaban J connectivity index is 2.83. The van der Waals surface area contributed by atoms with Crippen LogP contribution in [0.2, 0.25) is 0 Å². The minimum Gasteiger partial charge on any atom is -0.0117 e. The summed E-state index contributed by atoms with van der Waals surface area (Å²) in [6, 6.07) is 0. The predicted octanol–water partition coefficient (Wildman–Crippen LogP) is 1.63. The molecule has 0 aromatic rings. The maximum atomic E-state index is 3.44. The molecule has 0 fully saturated rings. The molecule has 0 amide bonds. The fourth-order valence-electron chi connectivity index (χ4n) is 0. The van der Waals surface area contributed by atoms with E-state index in [0.29, 0.717) is 5.92 Å². The highest BCUT2D eigenvalue weighted by Gasteiger charge is 1.92. The standard InChI is InChI=1S/C5H9/c1-4-5(2)3/h5H,1H2,2-3H3/q+1. The number of hydrogen-bond donors (Lipinski definition) is 0. The Bertz CT molecular complexity index is 27.0. The number of allylic oxidation sites excluding steroid dienone is 1. The van der Waals surface area contributed by atoms with Crippen molar-refractivity contribution in [3.8, 4) is 0 Å². The van der Waals surface area contributed by atoms with Crippen LogP contribution in [0, 0.1) is 12.0 Å². The molecule has 0 bridgehead atoms. The molecule has 0 spiro atoms. The van der Waals surface area contributed by atoms with Gasteiger partial charge >= 0.3 is 0 Å². The van der Waals surface area contributed by atoms with Crippen LogP contribution in [-0.2, 0) is 0 Å². The first kappa shape index (κ1) is 4.65. The zero-order valence-electron chi connectivity index (χ0n) is 3.78. The molecule has 0 aliphatic heterocycles. The molecule has 0 saturated heterocycles. The molecule has 0 heteroatoms. The summed E-state index contributed by atoms with van der Waals surface area (Å²) in [7, 11) is 0. The Morgan fingerprint density at radius 2 is 1.80 bits per heavy atom. The van der Waals surface area contributed by atoms with Gasteiger partial charge in [0.25, 0.3) is 0 Å². The van der Waals surface area contributed by atoms with Gasteiger partial charge in [0.2, 0.25) is 6.08 Å². The third-order valence-electron chi connectivity index (χ3n) is 0.408. The topological polar surface area (TPSA) is 0 Å². The first-order valence-corrected chi connectivity index (χ1v) is 1.80. The fraction of sp³-hybridized carbons (Fsp3) is 0.600. The second-order valence-electron chi connectivity index (χ2n) is 1.36. The van der Waals surface area contributed by atoms with Crippen molar-refractivity contribution < 1.29 is 0 Å². The van der Waals surface area contributed by atoms with Crippen LogP contribution in [0.25, 0.3) is 0 Å². The van der Waals surface area contributed by atoms with Crippen molar-refractivity contribution in [2.75, 3.05) is 0 Å². The molecule has 0 nitrogen and oxygen atoms in total. The van der Waals surface area contributed by atoms with Crippen molar-refractivity contribution in [1.29, 1.82) is 0 Å². The second-order valence-corrected chi connectivity index (χ2v) is 1.36. The quantitative estimate of drug-likeness (QED) is 0.410. The van der Waals surface area contributed by atoms with Gasteiger partial charge in [0.15, 0.2) is 5.92 Å². The van der Waals surface area contributed by atoms with Gasteiger partial charge in [-0.25, -0.2) is 0 Å². The summed E-state index contributed by atoms with van der Waals surface area (Å²) < 4.78 is 0. The van der Waals surface area contributed by atoms with E-state index in [2.05, 4.69) is 12.7 Å². The van der Waals surface area contributed by atoms with E-state index in [-0.39, 0.29) is 0 Å². The minimum atomic E-state index is 0.523. The molecule has 0 rings (SSSR count). The smallest absolute Gasteiger partial charge is 0.0117 e. The minimum absolute atomic E-state index is 0.523. The number of hydrogen-bond acceptors (Lipinski definition) is 0. The van der Waals surface area contributed by atoms with Crippen LogP contribution in [0.5, 0.6) is 0 Å². The van der Waals surface area contributed by atoms with Gasteiger partial charge in [-0.1, -0.05) is 0 Å². The van der Waals surface area contributed by atoms with E-state index < -0.39 is 0 Å². The molecule has 0 radical (unpaired) electrons. The Morgan fingerprint density at radius 1 is 1.60 bits per heavy atom. The Labute approximate surface area is 33.5 Å². The maximum Gasteiger partial charge on any atom is 0.217 e. The van der Waals surface area contributed by atoms with E-state index in [1.54, 1.807) is 0 Å². The Kier molecular flexibility index (Phi) is 1.79. The molecule has 0 N–H and O–H groups in total. The average molecular weight is 69.1 g/mol. The van der Waals surface area contributed by atoms with Crippen LogP contribution in [0.4, 0.5) is 0 Å². The zero-order chi connectivity index (χ0) is 4.28. The molecule has 0 atom stereocenters. The van der Waals surface area contributed by atoms with Crippen LogP contribution in [0.3, 0.4) is 0 Å². The lowest BCUT2D eigenvalue weighted by Crippen LogP contribution is -1.72. The van der Waals surface area contributed by atoms with E-state index in [0.717, 1.165) is 0 Å². The summed E-state index contributed by atoms with van der Waals surface area (Å²) in [5.41, 5.74) is 0. The monoisotopic (exact) mass is 69.1 g/mol. The van der Waals surface area contributed by atoms with Gasteiger partial charge in [-0.3, -0.25) is 0 Å². The van der Waals surface area contributed by atoms with Crippen LogP contribution in [0.1, 0.15) is 13.8 Å². The summed E-state index contributed by atoms with van der Waals surface area (Å²) in [5.74, 6) is 0.523. The predicted molar refractivity (Wildman–Crippen MR) is 23.7 cm³/mol. The molecular weight excluding hydrogens is 60.1 g/mol. The molecule has 28 valence electrons. The molecule has 0 aromatic heterocycles. The summed E-state index contributed by atoms with van der Waals surface area (Å²) in [6.45, 7) is 7.53. The Hall–Kier alpha value is -0.350. The SMILES string of the molecule is C=[C+]C(C)C. The average Bonchev–Trinajstić information content (AvgIpc) is 1.38. The first-order valence-electron chi connectivity index (χ1n) is 1.80. The maximum absolute atomic E-state index is 3.44. The molecular formula is C5H9+. The molecule has 0 heterocycles. The van der Waals surface area contributed by atoms with E-state index in [1.165, 1.54) is 0 Å².